The summed E-state index contributed by atoms with van der Waals surface area (Å²) in [6.07, 6.45) is 7.19. The van der Waals surface area contributed by atoms with Crippen LogP contribution in [0.2, 0.25) is 0 Å². The lowest BCUT2D eigenvalue weighted by Crippen LogP contribution is -2.34. The molecule has 1 heterocycles. The number of nitrogens with one attached hydrogen (secondary N) is 2. The van der Waals surface area contributed by atoms with E-state index < -0.39 is 5.41 Å². The van der Waals surface area contributed by atoms with Crippen molar-refractivity contribution < 1.29 is 38.1 Å². The Morgan fingerprint density at radius 3 is 1.43 bits per heavy atom. The van der Waals surface area contributed by atoms with Crippen LogP contribution in [0, 0.1) is 0 Å². The van der Waals surface area contributed by atoms with Gasteiger partial charge in [0.15, 0.2) is 23.0 Å². The Balaban J connectivity index is 0.000000214. The largest absolute Gasteiger partial charge is 0.493 e. The number of carbonyl (C=O) groups excluding carboxylic acids is 3. The highest BCUT2D eigenvalue weighted by Crippen LogP contribution is 2.42. The van der Waals surface area contributed by atoms with Crippen LogP contribution in [0.25, 0.3) is 0 Å². The maximum atomic E-state index is 12.6. The lowest BCUT2D eigenvalue weighted by Gasteiger charge is -2.26. The summed E-state index contributed by atoms with van der Waals surface area (Å²) in [5.41, 5.74) is 4.89. The summed E-state index contributed by atoms with van der Waals surface area (Å²) in [5.74, 6) is 1.51. The van der Waals surface area contributed by atoms with Crippen LogP contribution in [-0.2, 0) is 20.4 Å². The minimum absolute atomic E-state index is 0.158. The average Bonchev–Trinajstić information content (AvgIpc) is 3.75. The van der Waals surface area contributed by atoms with E-state index in [1.807, 2.05) is 60.7 Å². The van der Waals surface area contributed by atoms with Crippen LogP contribution in [-0.4, -0.2) is 58.3 Å². The first-order chi connectivity index (χ1) is 27.0. The van der Waals surface area contributed by atoms with E-state index in [0.29, 0.717) is 39.8 Å². The number of rotatable bonds is 12. The number of anilines is 2. The van der Waals surface area contributed by atoms with Gasteiger partial charge in [-0.25, -0.2) is 0 Å². The van der Waals surface area contributed by atoms with Crippen molar-refractivity contribution in [2.45, 2.75) is 50.4 Å². The number of hydrogen-bond donors (Lipinski definition) is 2. The molecule has 292 valence electrons. The van der Waals surface area contributed by atoms with Gasteiger partial charge in [0.2, 0.25) is 0 Å². The number of benzene rings is 4. The van der Waals surface area contributed by atoms with Crippen molar-refractivity contribution in [3.63, 3.8) is 0 Å². The number of methoxy groups -OCH3 is 5. The van der Waals surface area contributed by atoms with Crippen molar-refractivity contribution in [1.29, 1.82) is 0 Å². The molecule has 2 N–H and O–H groups in total. The van der Waals surface area contributed by atoms with Crippen LogP contribution in [0.3, 0.4) is 0 Å². The van der Waals surface area contributed by atoms with Gasteiger partial charge in [0, 0.05) is 40.3 Å². The van der Waals surface area contributed by atoms with E-state index in [2.05, 4.69) is 29.5 Å². The second-order valence-electron chi connectivity index (χ2n) is 13.8. The molecule has 5 aromatic rings. The number of pyridine rings is 1. The molecule has 1 fully saturated rings. The van der Waals surface area contributed by atoms with Gasteiger partial charge in [-0.1, -0.05) is 51.0 Å². The minimum atomic E-state index is -0.569. The fraction of sp³-hybridized carbons (Fsp3) is 0.289. The summed E-state index contributed by atoms with van der Waals surface area (Å²) in [6.45, 7) is 4.33. The van der Waals surface area contributed by atoms with E-state index in [9.17, 15) is 14.4 Å². The molecule has 6 rings (SSSR count). The lowest BCUT2D eigenvalue weighted by molar-refractivity contribution is -0.147. The van der Waals surface area contributed by atoms with Gasteiger partial charge in [0.25, 0.3) is 11.8 Å². The number of nitrogens with zero attached hydrogens (tertiary/aromatic N) is 1. The van der Waals surface area contributed by atoms with Crippen LogP contribution >= 0.6 is 0 Å². The third-order valence-electron chi connectivity index (χ3n) is 10.3. The summed E-state index contributed by atoms with van der Waals surface area (Å²) in [7, 11) is 7.61. The number of carbonyl (C=O) groups is 3. The molecule has 1 aliphatic carbocycles. The highest BCUT2D eigenvalue weighted by Gasteiger charge is 2.43. The van der Waals surface area contributed by atoms with E-state index in [1.54, 1.807) is 70.1 Å². The van der Waals surface area contributed by atoms with Crippen LogP contribution in [0.5, 0.6) is 23.0 Å². The zero-order valence-corrected chi connectivity index (χ0v) is 32.9. The molecular formula is C45H49N3O8. The topological polar surface area (TPSA) is 134 Å². The van der Waals surface area contributed by atoms with E-state index in [0.717, 1.165) is 42.5 Å². The van der Waals surface area contributed by atoms with E-state index >= 15 is 0 Å². The quantitative estimate of drug-likeness (QED) is 0.120. The molecule has 1 aliphatic rings. The highest BCUT2D eigenvalue weighted by atomic mass is 16.5. The molecule has 0 aliphatic heterocycles. The van der Waals surface area contributed by atoms with Gasteiger partial charge in [-0.15, -0.1) is 0 Å². The molecule has 1 saturated carbocycles. The third kappa shape index (κ3) is 9.11. The summed E-state index contributed by atoms with van der Waals surface area (Å²) < 4.78 is 26.0. The normalized spacial score (nSPS) is 13.0. The number of ether oxygens (including phenoxy) is 5. The molecule has 0 saturated heterocycles. The molecule has 0 bridgehead atoms. The van der Waals surface area contributed by atoms with Gasteiger partial charge in [-0.05, 0) is 102 Å². The van der Waals surface area contributed by atoms with Crippen molar-refractivity contribution in [2.24, 2.45) is 0 Å². The SMILES string of the molecule is COC(=O)C1(c2ccc(NC(=O)c3ccc(OC)c(OC)c3)cc2)CCCC1.COc1ccc(C(=O)Nc2ccc(C(C)(C)c3ccncc3)cc2)cc1OC. The van der Waals surface area contributed by atoms with Gasteiger partial charge in [-0.3, -0.25) is 19.4 Å². The van der Waals surface area contributed by atoms with Crippen molar-refractivity contribution in [1.82, 2.24) is 4.98 Å². The van der Waals surface area contributed by atoms with Crippen LogP contribution in [0.1, 0.15) is 76.9 Å². The van der Waals surface area contributed by atoms with E-state index in [1.165, 1.54) is 19.8 Å². The maximum absolute atomic E-state index is 12.6. The Bertz CT molecular complexity index is 2110. The molecule has 11 heteroatoms. The number of amides is 2. The summed E-state index contributed by atoms with van der Waals surface area (Å²) >= 11 is 0. The van der Waals surface area contributed by atoms with Crippen molar-refractivity contribution >= 4 is 29.2 Å². The second-order valence-corrected chi connectivity index (χ2v) is 13.8. The molecule has 1 aromatic heterocycles. The van der Waals surface area contributed by atoms with Gasteiger partial charge in [-0.2, -0.15) is 0 Å². The molecule has 2 amide bonds. The second kappa shape index (κ2) is 18.3. The third-order valence-corrected chi connectivity index (χ3v) is 10.3. The van der Waals surface area contributed by atoms with Gasteiger partial charge < -0.3 is 34.3 Å². The number of esters is 1. The molecule has 4 aromatic carbocycles. The van der Waals surface area contributed by atoms with E-state index in [-0.39, 0.29) is 23.2 Å². The molecule has 11 nitrogen and oxygen atoms in total. The van der Waals surface area contributed by atoms with Gasteiger partial charge in [0.05, 0.1) is 41.0 Å². The Morgan fingerprint density at radius 1 is 0.571 bits per heavy atom. The lowest BCUT2D eigenvalue weighted by atomic mass is 9.78. The fourth-order valence-electron chi connectivity index (χ4n) is 6.92. The minimum Gasteiger partial charge on any atom is -0.493 e. The van der Waals surface area contributed by atoms with Crippen molar-refractivity contribution in [2.75, 3.05) is 46.2 Å². The molecule has 0 atom stereocenters. The van der Waals surface area contributed by atoms with Crippen LogP contribution < -0.4 is 29.6 Å². The summed E-state index contributed by atoms with van der Waals surface area (Å²) in [4.78, 5) is 41.6. The summed E-state index contributed by atoms with van der Waals surface area (Å²) in [6, 6.07) is 29.4. The molecule has 0 unspecified atom stereocenters. The standard InChI is InChI=1S/C23H24N2O3.C22H25NO5/c1-23(2,18-11-13-24-14-12-18)17-6-8-19(9-7-17)25-22(26)16-5-10-20(27-3)21(15-16)28-4;1-26-18-11-6-15(14-19(18)27-2)20(24)23-17-9-7-16(8-10-17)22(21(25)28-3)12-4-5-13-22/h5-15H,1-4H3,(H,25,26);6-11,14H,4-5,12-13H2,1-3H3,(H,23,24). The van der Waals surface area contributed by atoms with Gasteiger partial charge >= 0.3 is 5.97 Å². The van der Waals surface area contributed by atoms with Crippen molar-refractivity contribution in [3.05, 3.63) is 137 Å². The number of hydrogen-bond acceptors (Lipinski definition) is 9. The zero-order valence-electron chi connectivity index (χ0n) is 32.9. The van der Waals surface area contributed by atoms with Crippen LogP contribution in [0.15, 0.2) is 109 Å². The first-order valence-electron chi connectivity index (χ1n) is 18.3. The molecule has 56 heavy (non-hydrogen) atoms. The Labute approximate surface area is 328 Å². The fourth-order valence-corrected chi connectivity index (χ4v) is 6.92. The van der Waals surface area contributed by atoms with E-state index in [4.69, 9.17) is 23.7 Å². The maximum Gasteiger partial charge on any atom is 0.316 e. The average molecular weight is 760 g/mol. The Hall–Kier alpha value is -6.36. The highest BCUT2D eigenvalue weighted by molar-refractivity contribution is 6.05. The predicted octanol–water partition coefficient (Wildman–Crippen LogP) is 8.62. The Morgan fingerprint density at radius 2 is 1.00 bits per heavy atom. The van der Waals surface area contributed by atoms with Gasteiger partial charge in [0.1, 0.15) is 0 Å². The first-order valence-corrected chi connectivity index (χ1v) is 18.3. The smallest absolute Gasteiger partial charge is 0.316 e. The summed E-state index contributed by atoms with van der Waals surface area (Å²) in [5, 5.41) is 5.79. The van der Waals surface area contributed by atoms with Crippen LogP contribution in [0.4, 0.5) is 11.4 Å². The monoisotopic (exact) mass is 759 g/mol. The predicted molar refractivity (Wildman–Crippen MR) is 216 cm³/mol. The molecule has 0 radical (unpaired) electrons. The number of aromatic nitrogens is 1. The molecular weight excluding hydrogens is 711 g/mol. The zero-order chi connectivity index (χ0) is 40.3. The first kappa shape index (κ1) is 40.8. The molecule has 0 spiro atoms. The van der Waals surface area contributed by atoms with Crippen molar-refractivity contribution in [3.8, 4) is 23.0 Å². The Kier molecular flexibility index (Phi) is 13.3.